The van der Waals surface area contributed by atoms with Gasteiger partial charge in [-0.05, 0) is 107 Å². The minimum atomic E-state index is -0.529. The number of allylic oxidation sites excluding steroid dienone is 14. The Hall–Kier alpha value is -6.08. The molecule has 0 radical (unpaired) electrons. The highest BCUT2D eigenvalue weighted by molar-refractivity contribution is 5.76. The monoisotopic (exact) mass is 685 g/mol. The molecular formula is C51H43NO. The second kappa shape index (κ2) is 14.2. The molecule has 0 saturated heterocycles. The van der Waals surface area contributed by atoms with Crippen LogP contribution in [0.15, 0.2) is 215 Å². The molecule has 0 spiro atoms. The standard InChI is InChI=1S/C51H43NO/c1-36-16-14-23-44(50(36)51(43-21-6-3-7-22-43)45-24-8-10-27-48(45)53-49-28-11-9-25-46(49)51)41-20-15-19-39(34-41)40-31-29-38(37-17-4-2-5-18-37)30-32-42(35-40)47-26-12-13-33-52-47/h2-14,17-18,20-30,34-36,52H,15-16,19,31,33H2,1H3/b38-29+,40-35+. The first-order valence-corrected chi connectivity index (χ1v) is 19.0. The Morgan fingerprint density at radius 2 is 1.45 bits per heavy atom. The predicted molar refractivity (Wildman–Crippen MR) is 219 cm³/mol. The van der Waals surface area contributed by atoms with Gasteiger partial charge >= 0.3 is 0 Å². The minimum absolute atomic E-state index is 0.295. The summed E-state index contributed by atoms with van der Waals surface area (Å²) in [4.78, 5) is 0. The van der Waals surface area contributed by atoms with Crippen LogP contribution in [-0.2, 0) is 5.41 Å². The lowest BCUT2D eigenvalue weighted by Crippen LogP contribution is -2.38. The molecule has 1 N–H and O–H groups in total. The molecule has 2 heteroatoms. The van der Waals surface area contributed by atoms with Gasteiger partial charge < -0.3 is 10.1 Å². The maximum Gasteiger partial charge on any atom is 0.132 e. The van der Waals surface area contributed by atoms with Gasteiger partial charge in [0.2, 0.25) is 0 Å². The maximum atomic E-state index is 6.68. The average Bonchev–Trinajstić information content (AvgIpc) is 3.21. The number of nitrogens with one attached hydrogen (secondary N) is 1. The van der Waals surface area contributed by atoms with Gasteiger partial charge in [0.1, 0.15) is 11.5 Å². The molecule has 53 heavy (non-hydrogen) atoms. The van der Waals surface area contributed by atoms with Gasteiger partial charge in [0, 0.05) is 28.9 Å². The summed E-state index contributed by atoms with van der Waals surface area (Å²) in [5.41, 5.74) is 18.2. The Balaban J connectivity index is 1.24. The van der Waals surface area contributed by atoms with Crippen LogP contribution in [0, 0.1) is 5.92 Å². The lowest BCUT2D eigenvalue weighted by atomic mass is 9.58. The fourth-order valence-electron chi connectivity index (χ4n) is 8.83. The molecule has 0 saturated carbocycles. The van der Waals surface area contributed by atoms with E-state index in [-0.39, 0.29) is 0 Å². The maximum absolute atomic E-state index is 6.68. The molecule has 2 aliphatic heterocycles. The van der Waals surface area contributed by atoms with E-state index in [2.05, 4.69) is 188 Å². The van der Waals surface area contributed by atoms with Crippen LogP contribution in [0.4, 0.5) is 0 Å². The first kappa shape index (κ1) is 32.8. The second-order valence-corrected chi connectivity index (χ2v) is 14.4. The highest BCUT2D eigenvalue weighted by Crippen LogP contribution is 2.59. The van der Waals surface area contributed by atoms with Crippen LogP contribution < -0.4 is 10.1 Å². The van der Waals surface area contributed by atoms with Crippen LogP contribution in [-0.4, -0.2) is 6.54 Å². The largest absolute Gasteiger partial charge is 0.457 e. The summed E-state index contributed by atoms with van der Waals surface area (Å²) in [6.45, 7) is 3.23. The van der Waals surface area contributed by atoms with Crippen LogP contribution in [0.2, 0.25) is 0 Å². The first-order chi connectivity index (χ1) is 26.2. The number of benzene rings is 4. The molecular weight excluding hydrogens is 643 g/mol. The summed E-state index contributed by atoms with van der Waals surface area (Å²) >= 11 is 0. The number of dihydropyridines is 1. The molecule has 0 bridgehead atoms. The van der Waals surface area contributed by atoms with Gasteiger partial charge in [0.25, 0.3) is 0 Å². The number of rotatable bonds is 6. The highest BCUT2D eigenvalue weighted by atomic mass is 16.5. The molecule has 2 nitrogen and oxygen atoms in total. The molecule has 5 aliphatic rings. The van der Waals surface area contributed by atoms with Gasteiger partial charge in [0.05, 0.1) is 5.41 Å². The Morgan fingerprint density at radius 1 is 0.736 bits per heavy atom. The minimum Gasteiger partial charge on any atom is -0.457 e. The van der Waals surface area contributed by atoms with E-state index >= 15 is 0 Å². The Bertz CT molecular complexity index is 2350. The van der Waals surface area contributed by atoms with E-state index in [1.165, 1.54) is 55.7 Å². The molecule has 0 aromatic heterocycles. The Kier molecular flexibility index (Phi) is 8.76. The lowest BCUT2D eigenvalue weighted by molar-refractivity contribution is 0.420. The third-order valence-electron chi connectivity index (χ3n) is 11.3. The number of hydrogen-bond donors (Lipinski definition) is 1. The molecule has 4 aromatic rings. The van der Waals surface area contributed by atoms with Crippen molar-refractivity contribution >= 4 is 5.57 Å². The average molecular weight is 686 g/mol. The third kappa shape index (κ3) is 5.96. The fourth-order valence-corrected chi connectivity index (χ4v) is 8.83. The first-order valence-electron chi connectivity index (χ1n) is 19.0. The number of fused-ring (bicyclic) bond motifs is 2. The molecule has 4 aromatic carbocycles. The third-order valence-corrected chi connectivity index (χ3v) is 11.3. The van der Waals surface area contributed by atoms with Crippen molar-refractivity contribution < 1.29 is 4.74 Å². The van der Waals surface area contributed by atoms with Crippen LogP contribution in [0.25, 0.3) is 5.57 Å². The van der Waals surface area contributed by atoms with Gasteiger partial charge in [-0.1, -0.05) is 147 Å². The molecule has 0 amide bonds. The second-order valence-electron chi connectivity index (χ2n) is 14.4. The van der Waals surface area contributed by atoms with E-state index in [4.69, 9.17) is 4.74 Å². The Labute approximate surface area is 313 Å². The lowest BCUT2D eigenvalue weighted by Gasteiger charge is -2.46. The SMILES string of the molecule is CC1CC=CC(C2=CCCC(/C3=C/C(C4=CC=CCN4)=C=C/C(c4ccccc4)=C\C3)=C2)=C1C1(c2ccccc2)c2ccccc2Oc2ccccc21. The van der Waals surface area contributed by atoms with Crippen molar-refractivity contribution in [2.24, 2.45) is 5.92 Å². The molecule has 1 atom stereocenters. The van der Waals surface area contributed by atoms with Crippen molar-refractivity contribution in [3.63, 3.8) is 0 Å². The zero-order valence-corrected chi connectivity index (χ0v) is 30.2. The van der Waals surface area contributed by atoms with E-state index in [0.29, 0.717) is 5.92 Å². The van der Waals surface area contributed by atoms with Crippen molar-refractivity contribution in [2.45, 2.75) is 38.0 Å². The van der Waals surface area contributed by atoms with Crippen molar-refractivity contribution in [3.8, 4) is 11.5 Å². The zero-order valence-electron chi connectivity index (χ0n) is 30.2. The van der Waals surface area contributed by atoms with Gasteiger partial charge in [0.15, 0.2) is 0 Å². The summed E-state index contributed by atoms with van der Waals surface area (Å²) in [7, 11) is 0. The van der Waals surface area contributed by atoms with Crippen LogP contribution in [0.3, 0.4) is 0 Å². The van der Waals surface area contributed by atoms with Crippen LogP contribution >= 0.6 is 0 Å². The quantitative estimate of drug-likeness (QED) is 0.204. The highest BCUT2D eigenvalue weighted by Gasteiger charge is 2.49. The van der Waals surface area contributed by atoms with E-state index in [1.807, 2.05) is 0 Å². The molecule has 2 heterocycles. The fraction of sp³-hybridized carbons (Fsp3) is 0.157. The van der Waals surface area contributed by atoms with E-state index in [9.17, 15) is 0 Å². The van der Waals surface area contributed by atoms with E-state index < -0.39 is 5.41 Å². The van der Waals surface area contributed by atoms with Crippen LogP contribution in [0.5, 0.6) is 11.5 Å². The summed E-state index contributed by atoms with van der Waals surface area (Å²) in [6.07, 6.45) is 26.9. The van der Waals surface area contributed by atoms with E-state index in [0.717, 1.165) is 55.0 Å². The molecule has 258 valence electrons. The van der Waals surface area contributed by atoms with Gasteiger partial charge in [-0.2, -0.15) is 0 Å². The summed E-state index contributed by atoms with van der Waals surface area (Å²) in [6, 6.07) is 39.2. The molecule has 1 unspecified atom stereocenters. The van der Waals surface area contributed by atoms with Gasteiger partial charge in [-0.3, -0.25) is 0 Å². The van der Waals surface area contributed by atoms with Gasteiger partial charge in [-0.15, -0.1) is 5.73 Å². The van der Waals surface area contributed by atoms with Crippen molar-refractivity contribution in [3.05, 3.63) is 237 Å². The number of ether oxygens (including phenoxy) is 1. The normalized spacial score (nSPS) is 22.1. The van der Waals surface area contributed by atoms with Crippen molar-refractivity contribution in [2.75, 3.05) is 6.54 Å². The number of hydrogen-bond acceptors (Lipinski definition) is 2. The van der Waals surface area contributed by atoms with Crippen molar-refractivity contribution in [1.82, 2.24) is 5.32 Å². The zero-order chi connectivity index (χ0) is 35.6. The molecule has 9 rings (SSSR count). The van der Waals surface area contributed by atoms with Gasteiger partial charge in [-0.25, -0.2) is 0 Å². The Morgan fingerprint density at radius 3 is 2.19 bits per heavy atom. The van der Waals surface area contributed by atoms with Crippen LogP contribution in [0.1, 0.15) is 54.9 Å². The smallest absolute Gasteiger partial charge is 0.132 e. The van der Waals surface area contributed by atoms with Crippen molar-refractivity contribution in [1.29, 1.82) is 0 Å². The summed E-state index contributed by atoms with van der Waals surface area (Å²) < 4.78 is 6.68. The van der Waals surface area contributed by atoms with E-state index in [1.54, 1.807) is 0 Å². The summed E-state index contributed by atoms with van der Waals surface area (Å²) in [5, 5.41) is 3.59. The topological polar surface area (TPSA) is 21.3 Å². The number of para-hydroxylation sites is 2. The molecule has 0 fully saturated rings. The summed E-state index contributed by atoms with van der Waals surface area (Å²) in [5.74, 6) is 2.14. The predicted octanol–water partition coefficient (Wildman–Crippen LogP) is 12.2. The molecule has 3 aliphatic carbocycles.